The van der Waals surface area contributed by atoms with Crippen LogP contribution < -0.4 is 10.6 Å². The average Bonchev–Trinajstić information content (AvgIpc) is 3.14. The van der Waals surface area contributed by atoms with E-state index in [1.807, 2.05) is 61.5 Å². The van der Waals surface area contributed by atoms with E-state index < -0.39 is 0 Å². The highest BCUT2D eigenvalue weighted by molar-refractivity contribution is 14.0. The minimum Gasteiger partial charge on any atom is -0.444 e. The van der Waals surface area contributed by atoms with E-state index in [4.69, 9.17) is 16.0 Å². The van der Waals surface area contributed by atoms with Crippen LogP contribution in [-0.2, 0) is 13.1 Å². The summed E-state index contributed by atoms with van der Waals surface area (Å²) in [6.07, 6.45) is 1.66. The van der Waals surface area contributed by atoms with E-state index in [0.717, 1.165) is 29.3 Å². The third-order valence-electron chi connectivity index (χ3n) is 3.66. The van der Waals surface area contributed by atoms with Crippen molar-refractivity contribution in [2.45, 2.75) is 20.0 Å². The summed E-state index contributed by atoms with van der Waals surface area (Å²) in [6, 6.07) is 17.5. The van der Waals surface area contributed by atoms with Crippen LogP contribution in [0.1, 0.15) is 18.2 Å². The molecule has 0 saturated carbocycles. The highest BCUT2D eigenvalue weighted by Crippen LogP contribution is 2.17. The summed E-state index contributed by atoms with van der Waals surface area (Å²) in [5.41, 5.74) is 2.83. The van der Waals surface area contributed by atoms with Crippen molar-refractivity contribution in [3.63, 3.8) is 0 Å². The van der Waals surface area contributed by atoms with E-state index in [2.05, 4.69) is 20.6 Å². The fourth-order valence-electron chi connectivity index (χ4n) is 2.42. The van der Waals surface area contributed by atoms with Gasteiger partial charge in [-0.15, -0.1) is 24.0 Å². The van der Waals surface area contributed by atoms with Gasteiger partial charge in [0.25, 0.3) is 0 Å². The van der Waals surface area contributed by atoms with Crippen molar-refractivity contribution < 1.29 is 4.42 Å². The van der Waals surface area contributed by atoms with Crippen molar-refractivity contribution in [1.82, 2.24) is 15.6 Å². The summed E-state index contributed by atoms with van der Waals surface area (Å²) < 4.78 is 5.56. The maximum atomic E-state index is 6.02. The number of oxazole rings is 1. The number of guanidine groups is 1. The first-order chi connectivity index (χ1) is 12.7. The Morgan fingerprint density at radius 1 is 1.11 bits per heavy atom. The van der Waals surface area contributed by atoms with Crippen LogP contribution in [-0.4, -0.2) is 17.5 Å². The molecule has 0 saturated heterocycles. The predicted octanol–water partition coefficient (Wildman–Crippen LogP) is 4.87. The van der Waals surface area contributed by atoms with Gasteiger partial charge in [0.1, 0.15) is 6.26 Å². The molecule has 2 N–H and O–H groups in total. The molecule has 0 radical (unpaired) electrons. The van der Waals surface area contributed by atoms with E-state index in [9.17, 15) is 0 Å². The molecule has 27 heavy (non-hydrogen) atoms. The fourth-order valence-corrected chi connectivity index (χ4v) is 2.64. The smallest absolute Gasteiger partial charge is 0.226 e. The maximum Gasteiger partial charge on any atom is 0.226 e. The van der Waals surface area contributed by atoms with Gasteiger partial charge in [0.15, 0.2) is 5.96 Å². The van der Waals surface area contributed by atoms with Gasteiger partial charge in [0, 0.05) is 17.1 Å². The highest BCUT2D eigenvalue weighted by Gasteiger charge is 2.07. The van der Waals surface area contributed by atoms with Gasteiger partial charge in [-0.1, -0.05) is 41.9 Å². The number of halogens is 2. The zero-order valence-electron chi connectivity index (χ0n) is 15.0. The van der Waals surface area contributed by atoms with Gasteiger partial charge in [0.2, 0.25) is 5.89 Å². The van der Waals surface area contributed by atoms with Crippen LogP contribution in [0.2, 0.25) is 5.02 Å². The second kappa shape index (κ2) is 10.9. The Labute approximate surface area is 181 Å². The molecule has 3 rings (SSSR count). The summed E-state index contributed by atoms with van der Waals surface area (Å²) in [4.78, 5) is 9.10. The molecule has 0 bridgehead atoms. The van der Waals surface area contributed by atoms with E-state index in [1.165, 1.54) is 0 Å². The van der Waals surface area contributed by atoms with E-state index in [1.54, 1.807) is 6.26 Å². The van der Waals surface area contributed by atoms with Gasteiger partial charge in [-0.05, 0) is 36.8 Å². The third kappa shape index (κ3) is 6.55. The lowest BCUT2D eigenvalue weighted by Crippen LogP contribution is -2.36. The monoisotopic (exact) mass is 496 g/mol. The van der Waals surface area contributed by atoms with Gasteiger partial charge in [-0.3, -0.25) is 0 Å². The Morgan fingerprint density at radius 2 is 1.93 bits per heavy atom. The maximum absolute atomic E-state index is 6.02. The quantitative estimate of drug-likeness (QED) is 0.290. The van der Waals surface area contributed by atoms with E-state index >= 15 is 0 Å². The molecule has 1 aromatic heterocycles. The number of benzene rings is 2. The fraction of sp³-hybridized carbons (Fsp3) is 0.200. The molecular weight excluding hydrogens is 475 g/mol. The second-order valence-corrected chi connectivity index (χ2v) is 6.13. The molecule has 0 unspecified atom stereocenters. The Balaban J connectivity index is 0.00000261. The third-order valence-corrected chi connectivity index (χ3v) is 3.90. The number of aromatic nitrogens is 1. The summed E-state index contributed by atoms with van der Waals surface area (Å²) in [7, 11) is 0. The number of hydrogen-bond acceptors (Lipinski definition) is 3. The van der Waals surface area contributed by atoms with Gasteiger partial charge in [-0.2, -0.15) is 0 Å². The predicted molar refractivity (Wildman–Crippen MR) is 120 cm³/mol. The number of nitrogens with zero attached hydrogens (tertiary/aromatic N) is 2. The molecule has 1 heterocycles. The van der Waals surface area contributed by atoms with Gasteiger partial charge in [-0.25, -0.2) is 9.98 Å². The molecule has 0 fully saturated rings. The zero-order valence-corrected chi connectivity index (χ0v) is 18.1. The Morgan fingerprint density at radius 3 is 2.67 bits per heavy atom. The number of hydrogen-bond donors (Lipinski definition) is 2. The van der Waals surface area contributed by atoms with Crippen molar-refractivity contribution in [2.24, 2.45) is 4.99 Å². The minimum absolute atomic E-state index is 0. The van der Waals surface area contributed by atoms with Crippen molar-refractivity contribution in [2.75, 3.05) is 6.54 Å². The molecule has 0 spiro atoms. The van der Waals surface area contributed by atoms with Crippen molar-refractivity contribution in [3.8, 4) is 11.5 Å². The Bertz CT molecular complexity index is 867. The standard InChI is InChI=1S/C20H21ClN4O.HI/c1-2-22-20(23-12-15-7-6-10-17(21)11-15)24-13-18-14-26-19(25-18)16-8-4-3-5-9-16;/h3-11,14H,2,12-13H2,1H3,(H2,22,23,24);1H. The second-order valence-electron chi connectivity index (χ2n) is 5.69. The van der Waals surface area contributed by atoms with Crippen LogP contribution in [0.25, 0.3) is 11.5 Å². The summed E-state index contributed by atoms with van der Waals surface area (Å²) in [6.45, 7) is 3.87. The molecule has 0 amide bonds. The van der Waals surface area contributed by atoms with Crippen LogP contribution in [0.5, 0.6) is 0 Å². The topological polar surface area (TPSA) is 62.5 Å². The summed E-state index contributed by atoms with van der Waals surface area (Å²) >= 11 is 6.02. The van der Waals surface area contributed by atoms with E-state index in [-0.39, 0.29) is 24.0 Å². The SMILES string of the molecule is CCNC(=NCc1cccc(Cl)c1)NCc1coc(-c2ccccc2)n1.I. The lowest BCUT2D eigenvalue weighted by atomic mass is 10.2. The largest absolute Gasteiger partial charge is 0.444 e. The molecule has 0 atom stereocenters. The molecule has 142 valence electrons. The normalized spacial score (nSPS) is 11.0. The molecule has 7 heteroatoms. The average molecular weight is 497 g/mol. The first-order valence-electron chi connectivity index (χ1n) is 8.51. The molecule has 3 aromatic rings. The van der Waals surface area contributed by atoms with Crippen molar-refractivity contribution in [1.29, 1.82) is 0 Å². The van der Waals surface area contributed by atoms with Gasteiger partial charge in [0.05, 0.1) is 18.8 Å². The molecule has 0 aliphatic carbocycles. The van der Waals surface area contributed by atoms with Crippen LogP contribution in [0.4, 0.5) is 0 Å². The van der Waals surface area contributed by atoms with Crippen molar-refractivity contribution >= 4 is 41.5 Å². The summed E-state index contributed by atoms with van der Waals surface area (Å²) in [5, 5.41) is 7.21. The highest BCUT2D eigenvalue weighted by atomic mass is 127. The van der Waals surface area contributed by atoms with Crippen LogP contribution >= 0.6 is 35.6 Å². The first kappa shape index (κ1) is 21.2. The van der Waals surface area contributed by atoms with E-state index in [0.29, 0.717) is 24.0 Å². The number of rotatable bonds is 6. The Kier molecular flexibility index (Phi) is 8.60. The number of nitrogens with one attached hydrogen (secondary N) is 2. The van der Waals surface area contributed by atoms with Crippen LogP contribution in [0.15, 0.2) is 70.3 Å². The van der Waals surface area contributed by atoms with Crippen LogP contribution in [0.3, 0.4) is 0 Å². The first-order valence-corrected chi connectivity index (χ1v) is 8.89. The lowest BCUT2D eigenvalue weighted by Gasteiger charge is -2.10. The zero-order chi connectivity index (χ0) is 18.2. The molecule has 0 aliphatic heterocycles. The Hall–Kier alpha value is -2.06. The molecule has 2 aromatic carbocycles. The summed E-state index contributed by atoms with van der Waals surface area (Å²) in [5.74, 6) is 1.33. The van der Waals surface area contributed by atoms with Crippen molar-refractivity contribution in [3.05, 3.63) is 77.1 Å². The van der Waals surface area contributed by atoms with Gasteiger partial charge < -0.3 is 15.1 Å². The van der Waals surface area contributed by atoms with Gasteiger partial charge >= 0.3 is 0 Å². The van der Waals surface area contributed by atoms with Crippen LogP contribution in [0, 0.1) is 0 Å². The number of aliphatic imine (C=N–C) groups is 1. The lowest BCUT2D eigenvalue weighted by molar-refractivity contribution is 0.572. The molecule has 5 nitrogen and oxygen atoms in total. The molecular formula is C20H22ClIN4O. The molecule has 0 aliphatic rings. The minimum atomic E-state index is 0.